The number of Topliss-reactive ketones (excluding diaryl/α,β-unsaturated/α-hetero) is 1. The largest absolute Gasteiger partial charge is 0.292 e. The van der Waals surface area contributed by atoms with Gasteiger partial charge in [-0.2, -0.15) is 5.26 Å². The summed E-state index contributed by atoms with van der Waals surface area (Å²) in [5, 5.41) is 11.9. The molecular weight excluding hydrogens is 384 g/mol. The molecule has 24 heavy (non-hydrogen) atoms. The van der Waals surface area contributed by atoms with Gasteiger partial charge in [0.1, 0.15) is 5.01 Å². The second kappa shape index (κ2) is 7.08. The number of nitriles is 1. The third kappa shape index (κ3) is 3.45. The minimum absolute atomic E-state index is 0.227. The quantitative estimate of drug-likeness (QED) is 0.556. The van der Waals surface area contributed by atoms with E-state index in [1.165, 1.54) is 16.9 Å². The number of hydrogen-bond acceptors (Lipinski definition) is 4. The van der Waals surface area contributed by atoms with Crippen molar-refractivity contribution in [1.82, 2.24) is 4.98 Å². The van der Waals surface area contributed by atoms with Gasteiger partial charge in [0.05, 0.1) is 11.8 Å². The fraction of sp³-hybridized carbons (Fsp3) is 0.105. The molecule has 3 aromatic rings. The number of rotatable bonds is 4. The van der Waals surface area contributed by atoms with Gasteiger partial charge in [-0.05, 0) is 19.1 Å². The number of aryl methyl sites for hydroxylation is 1. The van der Waals surface area contributed by atoms with Gasteiger partial charge in [0.2, 0.25) is 0 Å². The lowest BCUT2D eigenvalue weighted by molar-refractivity contribution is 0.0979. The lowest BCUT2D eigenvalue weighted by Gasteiger charge is -2.05. The zero-order chi connectivity index (χ0) is 17.1. The summed E-state index contributed by atoms with van der Waals surface area (Å²) in [5.74, 6) is -1.11. The van der Waals surface area contributed by atoms with Crippen molar-refractivity contribution >= 4 is 33.0 Å². The van der Waals surface area contributed by atoms with Crippen molar-refractivity contribution in [3.63, 3.8) is 0 Å². The van der Waals surface area contributed by atoms with Crippen molar-refractivity contribution in [3.8, 4) is 17.3 Å². The average Bonchev–Trinajstić information content (AvgIpc) is 3.06. The smallest absolute Gasteiger partial charge is 0.186 e. The summed E-state index contributed by atoms with van der Waals surface area (Å²) in [6.07, 6.45) is 0. The lowest BCUT2D eigenvalue weighted by Crippen LogP contribution is -2.11. The second-order valence-corrected chi connectivity index (χ2v) is 7.18. The summed E-state index contributed by atoms with van der Waals surface area (Å²) in [5.41, 5.74) is 3.46. The van der Waals surface area contributed by atoms with E-state index in [1.807, 2.05) is 36.6 Å². The van der Waals surface area contributed by atoms with Crippen LogP contribution in [-0.2, 0) is 0 Å². The Bertz CT molecular complexity index is 908. The van der Waals surface area contributed by atoms with E-state index in [9.17, 15) is 10.1 Å². The number of carbonyl (C=O) groups is 1. The van der Waals surface area contributed by atoms with Crippen molar-refractivity contribution in [2.75, 3.05) is 0 Å². The first kappa shape index (κ1) is 16.6. The molecule has 0 N–H and O–H groups in total. The molecule has 0 fully saturated rings. The Kier molecular flexibility index (Phi) is 4.89. The van der Waals surface area contributed by atoms with Crippen LogP contribution in [0.5, 0.6) is 0 Å². The first-order valence-corrected chi connectivity index (χ1v) is 8.97. The highest BCUT2D eigenvalue weighted by molar-refractivity contribution is 9.10. The molecule has 2 aromatic carbocycles. The van der Waals surface area contributed by atoms with Crippen LogP contribution in [-0.4, -0.2) is 10.8 Å². The fourth-order valence-electron chi connectivity index (χ4n) is 2.28. The van der Waals surface area contributed by atoms with Crippen LogP contribution < -0.4 is 0 Å². The van der Waals surface area contributed by atoms with Gasteiger partial charge in [-0.15, -0.1) is 11.3 Å². The third-order valence-corrected chi connectivity index (χ3v) is 5.07. The van der Waals surface area contributed by atoms with E-state index in [2.05, 4.69) is 27.0 Å². The predicted molar refractivity (Wildman–Crippen MR) is 99.1 cm³/mol. The molecule has 5 heteroatoms. The number of halogens is 1. The molecular formula is C19H13BrN2OS. The number of nitrogens with zero attached hydrogens (tertiary/aromatic N) is 2. The SMILES string of the molecule is Cc1ccc(-c2csc(C(C#N)C(=O)c3ccc(Br)cc3)n2)cc1. The highest BCUT2D eigenvalue weighted by atomic mass is 79.9. The van der Waals surface area contributed by atoms with Crippen LogP contribution in [0.25, 0.3) is 11.3 Å². The molecule has 3 nitrogen and oxygen atoms in total. The summed E-state index contributed by atoms with van der Waals surface area (Å²) in [6.45, 7) is 2.03. The van der Waals surface area contributed by atoms with E-state index in [1.54, 1.807) is 24.3 Å². The van der Waals surface area contributed by atoms with E-state index in [-0.39, 0.29) is 5.78 Å². The van der Waals surface area contributed by atoms with E-state index in [0.29, 0.717) is 10.6 Å². The van der Waals surface area contributed by atoms with Crippen LogP contribution in [0.4, 0.5) is 0 Å². The number of aromatic nitrogens is 1. The molecule has 1 unspecified atom stereocenters. The fourth-order valence-corrected chi connectivity index (χ4v) is 3.42. The Morgan fingerprint density at radius 2 is 1.83 bits per heavy atom. The van der Waals surface area contributed by atoms with Gasteiger partial charge in [-0.25, -0.2) is 4.98 Å². The molecule has 0 spiro atoms. The van der Waals surface area contributed by atoms with Gasteiger partial charge >= 0.3 is 0 Å². The number of hydrogen-bond donors (Lipinski definition) is 0. The van der Waals surface area contributed by atoms with E-state index in [0.717, 1.165) is 15.7 Å². The molecule has 1 atom stereocenters. The molecule has 1 aromatic heterocycles. The molecule has 0 amide bonds. The average molecular weight is 397 g/mol. The van der Waals surface area contributed by atoms with Crippen molar-refractivity contribution in [3.05, 3.63) is 74.5 Å². The van der Waals surface area contributed by atoms with Crippen molar-refractivity contribution in [1.29, 1.82) is 5.26 Å². The number of thiazole rings is 1. The van der Waals surface area contributed by atoms with Gasteiger partial charge < -0.3 is 0 Å². The Morgan fingerprint density at radius 3 is 2.46 bits per heavy atom. The summed E-state index contributed by atoms with van der Waals surface area (Å²) in [7, 11) is 0. The first-order chi connectivity index (χ1) is 11.6. The predicted octanol–water partition coefficient (Wildman–Crippen LogP) is 5.37. The van der Waals surface area contributed by atoms with Crippen molar-refractivity contribution in [2.24, 2.45) is 0 Å². The molecule has 1 heterocycles. The number of carbonyl (C=O) groups excluding carboxylic acids is 1. The van der Waals surface area contributed by atoms with Crippen molar-refractivity contribution < 1.29 is 4.79 Å². The lowest BCUT2D eigenvalue weighted by atomic mass is 9.99. The summed E-state index contributed by atoms with van der Waals surface area (Å²) in [4.78, 5) is 17.1. The van der Waals surface area contributed by atoms with Crippen LogP contribution in [0.2, 0.25) is 0 Å². The monoisotopic (exact) mass is 396 g/mol. The van der Waals surface area contributed by atoms with Gasteiger partial charge in [-0.1, -0.05) is 57.9 Å². The Labute approximate surface area is 152 Å². The Hall–Kier alpha value is -2.29. The van der Waals surface area contributed by atoms with E-state index >= 15 is 0 Å². The van der Waals surface area contributed by atoms with Crippen LogP contribution in [0.15, 0.2) is 58.4 Å². The summed E-state index contributed by atoms with van der Waals surface area (Å²) < 4.78 is 0.892. The molecule has 0 aliphatic rings. The first-order valence-electron chi connectivity index (χ1n) is 7.30. The third-order valence-electron chi connectivity index (χ3n) is 3.64. The minimum atomic E-state index is -0.879. The summed E-state index contributed by atoms with van der Waals surface area (Å²) >= 11 is 4.68. The highest BCUT2D eigenvalue weighted by Crippen LogP contribution is 2.29. The molecule has 0 radical (unpaired) electrons. The molecule has 0 aliphatic carbocycles. The Balaban J connectivity index is 1.89. The van der Waals surface area contributed by atoms with Gasteiger partial charge in [0.15, 0.2) is 11.7 Å². The molecule has 118 valence electrons. The zero-order valence-electron chi connectivity index (χ0n) is 12.9. The van der Waals surface area contributed by atoms with E-state index < -0.39 is 5.92 Å². The number of benzene rings is 2. The molecule has 0 bridgehead atoms. The van der Waals surface area contributed by atoms with Crippen LogP contribution in [0, 0.1) is 18.3 Å². The van der Waals surface area contributed by atoms with Crippen LogP contribution >= 0.6 is 27.3 Å². The molecule has 0 saturated carbocycles. The maximum Gasteiger partial charge on any atom is 0.186 e. The summed E-state index contributed by atoms with van der Waals surface area (Å²) in [6, 6.07) is 17.1. The topological polar surface area (TPSA) is 53.8 Å². The maximum atomic E-state index is 12.6. The molecule has 0 saturated heterocycles. The zero-order valence-corrected chi connectivity index (χ0v) is 15.3. The minimum Gasteiger partial charge on any atom is -0.292 e. The molecule has 3 rings (SSSR count). The van der Waals surface area contributed by atoms with Gasteiger partial charge in [0, 0.05) is 21.0 Å². The van der Waals surface area contributed by atoms with Crippen LogP contribution in [0.1, 0.15) is 26.8 Å². The molecule has 0 aliphatic heterocycles. The maximum absolute atomic E-state index is 12.6. The second-order valence-electron chi connectivity index (χ2n) is 5.37. The van der Waals surface area contributed by atoms with E-state index in [4.69, 9.17) is 0 Å². The number of ketones is 1. The van der Waals surface area contributed by atoms with Gasteiger partial charge in [0.25, 0.3) is 0 Å². The van der Waals surface area contributed by atoms with Crippen LogP contribution in [0.3, 0.4) is 0 Å². The highest BCUT2D eigenvalue weighted by Gasteiger charge is 2.25. The standard InChI is InChI=1S/C19H13BrN2OS/c1-12-2-4-13(5-3-12)17-11-24-19(22-17)16(10-21)18(23)14-6-8-15(20)9-7-14/h2-9,11,16H,1H3. The van der Waals surface area contributed by atoms with Crippen molar-refractivity contribution in [2.45, 2.75) is 12.8 Å². The van der Waals surface area contributed by atoms with Gasteiger partial charge in [-0.3, -0.25) is 4.79 Å². The normalized spacial score (nSPS) is 11.7. The Morgan fingerprint density at radius 1 is 1.17 bits per heavy atom.